The van der Waals surface area contributed by atoms with Gasteiger partial charge in [-0.05, 0) is 18.2 Å². The van der Waals surface area contributed by atoms with Crippen LogP contribution in [0.1, 0.15) is 16.8 Å². The fourth-order valence-corrected chi connectivity index (χ4v) is 3.78. The van der Waals surface area contributed by atoms with E-state index in [0.29, 0.717) is 13.1 Å². The van der Waals surface area contributed by atoms with Gasteiger partial charge in [0.05, 0.1) is 12.1 Å². The summed E-state index contributed by atoms with van der Waals surface area (Å²) in [6, 6.07) is 17.8. The van der Waals surface area contributed by atoms with E-state index >= 15 is 0 Å². The predicted octanol–water partition coefficient (Wildman–Crippen LogP) is 4.01. The van der Waals surface area contributed by atoms with Crippen molar-refractivity contribution in [2.45, 2.75) is 12.5 Å². The third-order valence-electron chi connectivity index (χ3n) is 5.14. The Hall–Kier alpha value is -3.34. The summed E-state index contributed by atoms with van der Waals surface area (Å²) >= 11 is 0. The summed E-state index contributed by atoms with van der Waals surface area (Å²) < 4.78 is 6.21. The van der Waals surface area contributed by atoms with Crippen LogP contribution >= 0.6 is 0 Å². The highest BCUT2D eigenvalue weighted by Gasteiger charge is 2.29. The van der Waals surface area contributed by atoms with Crippen molar-refractivity contribution in [2.24, 2.45) is 0 Å². The van der Waals surface area contributed by atoms with Gasteiger partial charge in [-0.2, -0.15) is 0 Å². The Kier molecular flexibility index (Phi) is 3.78. The Balaban J connectivity index is 1.34. The van der Waals surface area contributed by atoms with Gasteiger partial charge in [0.25, 0.3) is 5.91 Å². The lowest BCUT2D eigenvalue weighted by molar-refractivity contribution is 0.0775. The largest absolute Gasteiger partial charge is 0.486 e. The standard InChI is InChI=1S/C22H19N3O2/c26-22(18-13-24-19-8-2-1-7-17(18)19)25-12-10-16(14-25)27-20-9-3-5-15-6-4-11-23-21(15)20/h1-9,11,13,16,24H,10,12,14H2. The number of nitrogens with one attached hydrogen (secondary N) is 1. The van der Waals surface area contributed by atoms with Gasteiger partial charge in [0, 0.05) is 41.6 Å². The molecule has 1 unspecified atom stereocenters. The second kappa shape index (κ2) is 6.43. The van der Waals surface area contributed by atoms with E-state index in [9.17, 15) is 4.79 Å². The number of rotatable bonds is 3. The van der Waals surface area contributed by atoms with Crippen molar-refractivity contribution in [1.29, 1.82) is 0 Å². The SMILES string of the molecule is O=C(c1c[nH]c2ccccc12)N1CCC(Oc2cccc3cccnc23)C1. The molecule has 5 rings (SSSR count). The lowest BCUT2D eigenvalue weighted by atomic mass is 10.1. The van der Waals surface area contributed by atoms with Crippen LogP contribution < -0.4 is 4.74 Å². The average Bonchev–Trinajstić information content (AvgIpc) is 3.35. The van der Waals surface area contributed by atoms with Crippen LogP contribution in [0.4, 0.5) is 0 Å². The van der Waals surface area contributed by atoms with Crippen molar-refractivity contribution in [3.8, 4) is 5.75 Å². The quantitative estimate of drug-likeness (QED) is 0.603. The molecule has 5 heteroatoms. The number of pyridine rings is 1. The third-order valence-corrected chi connectivity index (χ3v) is 5.14. The average molecular weight is 357 g/mol. The van der Waals surface area contributed by atoms with Crippen LogP contribution in [0.25, 0.3) is 21.8 Å². The van der Waals surface area contributed by atoms with Gasteiger partial charge in [0.15, 0.2) is 0 Å². The number of benzene rings is 2. The number of hydrogen-bond acceptors (Lipinski definition) is 3. The van der Waals surface area contributed by atoms with Gasteiger partial charge >= 0.3 is 0 Å². The van der Waals surface area contributed by atoms with Crippen LogP contribution in [-0.2, 0) is 0 Å². The number of para-hydroxylation sites is 2. The van der Waals surface area contributed by atoms with Crippen LogP contribution in [0.3, 0.4) is 0 Å². The van der Waals surface area contributed by atoms with Crippen molar-refractivity contribution < 1.29 is 9.53 Å². The van der Waals surface area contributed by atoms with Crippen LogP contribution in [0.15, 0.2) is 67.0 Å². The number of ether oxygens (including phenoxy) is 1. The molecule has 3 heterocycles. The lowest BCUT2D eigenvalue weighted by Gasteiger charge is -2.17. The summed E-state index contributed by atoms with van der Waals surface area (Å²) in [5.41, 5.74) is 2.56. The van der Waals surface area contributed by atoms with Crippen LogP contribution in [0.5, 0.6) is 5.75 Å². The number of carbonyl (C=O) groups excluding carboxylic acids is 1. The maximum absolute atomic E-state index is 13.0. The molecule has 27 heavy (non-hydrogen) atoms. The van der Waals surface area contributed by atoms with Gasteiger partial charge in [-0.15, -0.1) is 0 Å². The Morgan fingerprint density at radius 3 is 2.96 bits per heavy atom. The maximum atomic E-state index is 13.0. The van der Waals surface area contributed by atoms with Gasteiger partial charge in [-0.3, -0.25) is 9.78 Å². The molecule has 0 spiro atoms. The van der Waals surface area contributed by atoms with Gasteiger partial charge < -0.3 is 14.6 Å². The van der Waals surface area contributed by atoms with Crippen molar-refractivity contribution in [3.63, 3.8) is 0 Å². The zero-order valence-corrected chi connectivity index (χ0v) is 14.8. The van der Waals surface area contributed by atoms with Crippen LogP contribution in [0, 0.1) is 0 Å². The molecule has 1 amide bonds. The molecule has 134 valence electrons. The number of aromatic amines is 1. The van der Waals surface area contributed by atoms with E-state index in [2.05, 4.69) is 9.97 Å². The van der Waals surface area contributed by atoms with Gasteiger partial charge in [0.2, 0.25) is 0 Å². The second-order valence-corrected chi connectivity index (χ2v) is 6.86. The molecular weight excluding hydrogens is 338 g/mol. The van der Waals surface area contributed by atoms with E-state index in [1.807, 2.05) is 59.5 Å². The first kappa shape index (κ1) is 15.9. The normalized spacial score (nSPS) is 16.9. The number of likely N-dealkylation sites (tertiary alicyclic amines) is 1. The number of nitrogens with zero attached hydrogens (tertiary/aromatic N) is 2. The molecule has 2 aromatic carbocycles. The molecule has 5 nitrogen and oxygen atoms in total. The monoisotopic (exact) mass is 357 g/mol. The van der Waals surface area contributed by atoms with E-state index in [1.165, 1.54) is 0 Å². The fourth-order valence-electron chi connectivity index (χ4n) is 3.78. The number of fused-ring (bicyclic) bond motifs is 2. The van der Waals surface area contributed by atoms with Crippen molar-refractivity contribution >= 4 is 27.7 Å². The van der Waals surface area contributed by atoms with Crippen LogP contribution in [-0.4, -0.2) is 40.0 Å². The molecule has 0 radical (unpaired) electrons. The highest BCUT2D eigenvalue weighted by atomic mass is 16.5. The van der Waals surface area contributed by atoms with Gasteiger partial charge in [0.1, 0.15) is 17.4 Å². The van der Waals surface area contributed by atoms with E-state index in [4.69, 9.17) is 4.74 Å². The van der Waals surface area contributed by atoms with Crippen molar-refractivity contribution in [3.05, 3.63) is 72.6 Å². The summed E-state index contributed by atoms with van der Waals surface area (Å²) in [6.07, 6.45) is 4.37. The third kappa shape index (κ3) is 2.81. The minimum Gasteiger partial charge on any atom is -0.486 e. The molecule has 1 saturated heterocycles. The second-order valence-electron chi connectivity index (χ2n) is 6.86. The van der Waals surface area contributed by atoms with Crippen LogP contribution in [0.2, 0.25) is 0 Å². The number of H-pyrrole nitrogens is 1. The highest BCUT2D eigenvalue weighted by Crippen LogP contribution is 2.27. The summed E-state index contributed by atoms with van der Waals surface area (Å²) in [4.78, 5) is 22.5. The fraction of sp³-hybridized carbons (Fsp3) is 0.182. The summed E-state index contributed by atoms with van der Waals surface area (Å²) in [6.45, 7) is 1.28. The number of carbonyl (C=O) groups is 1. The Bertz CT molecular complexity index is 1130. The summed E-state index contributed by atoms with van der Waals surface area (Å²) in [5.74, 6) is 0.828. The molecule has 4 aromatic rings. The molecule has 1 aliphatic heterocycles. The Morgan fingerprint density at radius 1 is 1.11 bits per heavy atom. The maximum Gasteiger partial charge on any atom is 0.256 e. The molecule has 2 aromatic heterocycles. The number of aromatic nitrogens is 2. The van der Waals surface area contributed by atoms with Gasteiger partial charge in [-0.25, -0.2) is 0 Å². The molecule has 1 aliphatic rings. The zero-order valence-electron chi connectivity index (χ0n) is 14.8. The molecule has 1 atom stereocenters. The minimum absolute atomic E-state index is 0.0215. The number of amides is 1. The highest BCUT2D eigenvalue weighted by molar-refractivity contribution is 6.06. The molecule has 1 fully saturated rings. The topological polar surface area (TPSA) is 58.2 Å². The predicted molar refractivity (Wildman–Crippen MR) is 105 cm³/mol. The van der Waals surface area contributed by atoms with E-state index < -0.39 is 0 Å². The first-order chi connectivity index (χ1) is 13.3. The summed E-state index contributed by atoms with van der Waals surface area (Å²) in [5, 5.41) is 2.02. The van der Waals surface area contributed by atoms with Gasteiger partial charge in [-0.1, -0.05) is 36.4 Å². The number of hydrogen-bond donors (Lipinski definition) is 1. The van der Waals surface area contributed by atoms with E-state index in [1.54, 1.807) is 12.4 Å². The minimum atomic E-state index is -0.0215. The molecule has 0 aliphatic carbocycles. The lowest BCUT2D eigenvalue weighted by Crippen LogP contribution is -2.30. The molecule has 0 saturated carbocycles. The van der Waals surface area contributed by atoms with Crippen molar-refractivity contribution in [2.75, 3.05) is 13.1 Å². The zero-order chi connectivity index (χ0) is 18.2. The Morgan fingerprint density at radius 2 is 2.00 bits per heavy atom. The smallest absolute Gasteiger partial charge is 0.256 e. The van der Waals surface area contributed by atoms with Crippen molar-refractivity contribution in [1.82, 2.24) is 14.9 Å². The summed E-state index contributed by atoms with van der Waals surface area (Å²) in [7, 11) is 0. The van der Waals surface area contributed by atoms with E-state index in [0.717, 1.165) is 39.5 Å². The molecule has 1 N–H and O–H groups in total. The molecular formula is C22H19N3O2. The van der Waals surface area contributed by atoms with E-state index in [-0.39, 0.29) is 12.0 Å². The first-order valence-electron chi connectivity index (χ1n) is 9.15. The first-order valence-corrected chi connectivity index (χ1v) is 9.15. The molecule has 0 bridgehead atoms. The Labute approximate surface area is 156 Å².